The lowest BCUT2D eigenvalue weighted by atomic mass is 10.1. The summed E-state index contributed by atoms with van der Waals surface area (Å²) in [6.07, 6.45) is 0. The fourth-order valence-electron chi connectivity index (χ4n) is 3.18. The number of nitrogens with zero attached hydrogens (tertiary/aromatic N) is 2. The summed E-state index contributed by atoms with van der Waals surface area (Å²) in [5.41, 5.74) is 5.55. The molecule has 0 fully saturated rings. The van der Waals surface area contributed by atoms with E-state index in [4.69, 9.17) is 5.11 Å². The highest BCUT2D eigenvalue weighted by Crippen LogP contribution is 2.22. The lowest BCUT2D eigenvalue weighted by Crippen LogP contribution is -1.82. The number of para-hydroxylation sites is 2. The van der Waals surface area contributed by atoms with Crippen molar-refractivity contribution in [3.8, 4) is 17.2 Å². The van der Waals surface area contributed by atoms with Gasteiger partial charge in [0.25, 0.3) is 0 Å². The maximum atomic E-state index is 9.43. The van der Waals surface area contributed by atoms with Crippen molar-refractivity contribution in [1.82, 2.24) is 9.97 Å². The van der Waals surface area contributed by atoms with Crippen LogP contribution in [0.3, 0.4) is 0 Å². The maximum Gasteiger partial charge on any atom is 0.141 e. The van der Waals surface area contributed by atoms with Gasteiger partial charge in [-0.1, -0.05) is 42.5 Å². The number of aromatic nitrogens is 2. The average molecular weight is 441 g/mol. The number of phenols is 3. The molecule has 0 amide bonds. The Bertz CT molecular complexity index is 1310. The first kappa shape index (κ1) is 23.5. The van der Waals surface area contributed by atoms with Gasteiger partial charge in [0.15, 0.2) is 0 Å². The van der Waals surface area contributed by atoms with Crippen molar-refractivity contribution < 1.29 is 15.3 Å². The zero-order valence-electron chi connectivity index (χ0n) is 19.2. The summed E-state index contributed by atoms with van der Waals surface area (Å²) in [4.78, 5) is 8.45. The predicted octanol–water partition coefficient (Wildman–Crippen LogP) is 6.51. The zero-order valence-corrected chi connectivity index (χ0v) is 19.2. The summed E-state index contributed by atoms with van der Waals surface area (Å²) in [6, 6.07) is 23.9. The van der Waals surface area contributed by atoms with Crippen LogP contribution in [-0.2, 0) is 0 Å². The molecule has 5 aromatic rings. The second kappa shape index (κ2) is 10.5. The van der Waals surface area contributed by atoms with Crippen molar-refractivity contribution >= 4 is 21.8 Å². The van der Waals surface area contributed by atoms with E-state index in [2.05, 4.69) is 9.97 Å². The van der Waals surface area contributed by atoms with Crippen LogP contribution >= 0.6 is 0 Å². The summed E-state index contributed by atoms with van der Waals surface area (Å²) in [7, 11) is 0. The maximum absolute atomic E-state index is 9.43. The molecule has 5 heteroatoms. The number of fused-ring (bicyclic) bond motifs is 2. The van der Waals surface area contributed by atoms with E-state index >= 15 is 0 Å². The van der Waals surface area contributed by atoms with Gasteiger partial charge in [-0.05, 0) is 75.2 Å². The first-order valence-corrected chi connectivity index (χ1v) is 10.6. The molecule has 0 aliphatic rings. The molecule has 2 aromatic heterocycles. The molecule has 3 N–H and O–H groups in total. The van der Waals surface area contributed by atoms with Crippen LogP contribution < -0.4 is 0 Å². The zero-order chi connectivity index (χ0) is 24.0. The molecule has 0 radical (unpaired) electrons. The van der Waals surface area contributed by atoms with Gasteiger partial charge in [-0.3, -0.25) is 0 Å². The van der Waals surface area contributed by atoms with Crippen molar-refractivity contribution in [3.05, 3.63) is 101 Å². The van der Waals surface area contributed by atoms with Gasteiger partial charge in [0.2, 0.25) is 0 Å². The molecule has 0 saturated heterocycles. The molecule has 5 nitrogen and oxygen atoms in total. The van der Waals surface area contributed by atoms with Crippen LogP contribution in [-0.4, -0.2) is 25.3 Å². The quantitative estimate of drug-likeness (QED) is 0.256. The van der Waals surface area contributed by atoms with E-state index in [1.54, 1.807) is 24.3 Å². The SMILES string of the molecule is Cc1ccc(O)cc1C.Cc1ccc2cccc(O)c2n1.Cc1ccc2cccc(O)c2n1. The molecular formula is C28H28N2O3. The van der Waals surface area contributed by atoms with Crippen LogP contribution in [0, 0.1) is 27.7 Å². The van der Waals surface area contributed by atoms with Crippen molar-refractivity contribution in [2.24, 2.45) is 0 Å². The minimum absolute atomic E-state index is 0.246. The molecule has 0 spiro atoms. The molecule has 5 rings (SSSR count). The van der Waals surface area contributed by atoms with Crippen molar-refractivity contribution in [1.29, 1.82) is 0 Å². The Morgan fingerprint density at radius 3 is 1.42 bits per heavy atom. The summed E-state index contributed by atoms with van der Waals surface area (Å²) in [5.74, 6) is 0.838. The van der Waals surface area contributed by atoms with E-state index in [0.717, 1.165) is 27.7 Å². The molecule has 0 aliphatic heterocycles. The Hall–Kier alpha value is -4.12. The Balaban J connectivity index is 0.000000141. The van der Waals surface area contributed by atoms with E-state index in [1.807, 2.05) is 82.3 Å². The fourth-order valence-corrected chi connectivity index (χ4v) is 3.18. The number of phenolic OH excluding ortho intramolecular Hbond substituents is 3. The number of aromatic hydroxyl groups is 3. The van der Waals surface area contributed by atoms with Crippen LogP contribution in [0.5, 0.6) is 17.2 Å². The lowest BCUT2D eigenvalue weighted by molar-refractivity contribution is 0.474. The Morgan fingerprint density at radius 2 is 1.00 bits per heavy atom. The van der Waals surface area contributed by atoms with Gasteiger partial charge >= 0.3 is 0 Å². The standard InChI is InChI=1S/2C10H9NO.C8H10O/c2*1-7-5-6-8-3-2-4-9(12)10(8)11-7;1-6-3-4-8(9)5-7(6)2/h2*2-6,12H,1H3;3-5,9H,1-2H3. The molecule has 2 heterocycles. The number of hydrogen-bond acceptors (Lipinski definition) is 5. The number of aryl methyl sites for hydroxylation is 4. The highest BCUT2D eigenvalue weighted by Gasteiger charge is 2.00. The summed E-state index contributed by atoms with van der Waals surface area (Å²) >= 11 is 0. The van der Waals surface area contributed by atoms with Gasteiger partial charge in [-0.2, -0.15) is 0 Å². The van der Waals surface area contributed by atoms with Gasteiger partial charge in [-0.25, -0.2) is 9.97 Å². The normalized spacial score (nSPS) is 10.2. The molecule has 0 bridgehead atoms. The first-order valence-electron chi connectivity index (χ1n) is 10.6. The Labute approximate surface area is 193 Å². The molecule has 33 heavy (non-hydrogen) atoms. The largest absolute Gasteiger partial charge is 0.508 e. The highest BCUT2D eigenvalue weighted by atomic mass is 16.3. The minimum atomic E-state index is 0.246. The highest BCUT2D eigenvalue weighted by molar-refractivity contribution is 5.84. The third kappa shape index (κ3) is 6.20. The minimum Gasteiger partial charge on any atom is -0.508 e. The van der Waals surface area contributed by atoms with E-state index in [9.17, 15) is 10.2 Å². The second-order valence-electron chi connectivity index (χ2n) is 7.87. The second-order valence-corrected chi connectivity index (χ2v) is 7.87. The fraction of sp³-hybridized carbons (Fsp3) is 0.143. The van der Waals surface area contributed by atoms with Crippen LogP contribution in [0.2, 0.25) is 0 Å². The molecule has 0 unspecified atom stereocenters. The molecule has 168 valence electrons. The number of pyridine rings is 2. The number of rotatable bonds is 0. The monoisotopic (exact) mass is 440 g/mol. The molecule has 0 aliphatic carbocycles. The van der Waals surface area contributed by atoms with Crippen molar-refractivity contribution in [2.45, 2.75) is 27.7 Å². The van der Waals surface area contributed by atoms with Gasteiger partial charge in [0, 0.05) is 22.2 Å². The van der Waals surface area contributed by atoms with Gasteiger partial charge in [0.05, 0.1) is 0 Å². The summed E-state index contributed by atoms with van der Waals surface area (Å²) in [6.45, 7) is 7.82. The van der Waals surface area contributed by atoms with Gasteiger partial charge in [0.1, 0.15) is 28.3 Å². The van der Waals surface area contributed by atoms with E-state index in [1.165, 1.54) is 5.56 Å². The average Bonchev–Trinajstić information content (AvgIpc) is 2.79. The summed E-state index contributed by atoms with van der Waals surface area (Å²) < 4.78 is 0. The number of hydrogen-bond donors (Lipinski definition) is 3. The van der Waals surface area contributed by atoms with Gasteiger partial charge in [-0.15, -0.1) is 0 Å². The van der Waals surface area contributed by atoms with Crippen molar-refractivity contribution in [2.75, 3.05) is 0 Å². The first-order chi connectivity index (χ1) is 15.7. The molecular weight excluding hydrogens is 412 g/mol. The Morgan fingerprint density at radius 1 is 0.515 bits per heavy atom. The van der Waals surface area contributed by atoms with Crippen LogP contribution in [0.25, 0.3) is 21.8 Å². The molecule has 3 aromatic carbocycles. The third-order valence-corrected chi connectivity index (χ3v) is 5.17. The van der Waals surface area contributed by atoms with Crippen LogP contribution in [0.15, 0.2) is 78.9 Å². The molecule has 0 saturated carbocycles. The smallest absolute Gasteiger partial charge is 0.141 e. The predicted molar refractivity (Wildman–Crippen MR) is 134 cm³/mol. The van der Waals surface area contributed by atoms with Gasteiger partial charge < -0.3 is 15.3 Å². The number of benzene rings is 3. The van der Waals surface area contributed by atoms with E-state index < -0.39 is 0 Å². The van der Waals surface area contributed by atoms with E-state index in [0.29, 0.717) is 16.8 Å². The van der Waals surface area contributed by atoms with Crippen LogP contribution in [0.1, 0.15) is 22.5 Å². The van der Waals surface area contributed by atoms with Crippen LogP contribution in [0.4, 0.5) is 0 Å². The van der Waals surface area contributed by atoms with E-state index in [-0.39, 0.29) is 11.5 Å². The Kier molecular flexibility index (Phi) is 7.46. The third-order valence-electron chi connectivity index (χ3n) is 5.17. The lowest BCUT2D eigenvalue weighted by Gasteiger charge is -1.99. The topological polar surface area (TPSA) is 86.5 Å². The van der Waals surface area contributed by atoms with Crippen molar-refractivity contribution in [3.63, 3.8) is 0 Å². The molecule has 0 atom stereocenters. The summed E-state index contributed by atoms with van der Waals surface area (Å²) in [5, 5.41) is 29.7.